The summed E-state index contributed by atoms with van der Waals surface area (Å²) in [6.07, 6.45) is -2.42. The molecule has 19 heavy (non-hydrogen) atoms. The average Bonchev–Trinajstić information content (AvgIpc) is 2.94. The van der Waals surface area contributed by atoms with Crippen LogP contribution in [0.4, 0.5) is 8.78 Å². The van der Waals surface area contributed by atoms with Gasteiger partial charge in [0.05, 0.1) is 24.5 Å². The van der Waals surface area contributed by atoms with E-state index in [1.165, 1.54) is 6.92 Å². The third-order valence-corrected chi connectivity index (χ3v) is 2.64. The maximum absolute atomic E-state index is 12.8. The number of aliphatic hydroxyl groups is 1. The third kappa shape index (κ3) is 2.36. The summed E-state index contributed by atoms with van der Waals surface area (Å²) in [6, 6.07) is 0. The Morgan fingerprint density at radius 2 is 2.26 bits per heavy atom. The highest BCUT2D eigenvalue weighted by molar-refractivity contribution is 5.83. The molecule has 0 aliphatic carbocycles. The molecular weight excluding hydrogens is 260 g/mol. The molecule has 0 fully saturated rings. The van der Waals surface area contributed by atoms with Crippen LogP contribution in [0.15, 0.2) is 0 Å². The van der Waals surface area contributed by atoms with Crippen LogP contribution < -0.4 is 0 Å². The number of H-pyrrole nitrogens is 1. The molecule has 0 bridgehead atoms. The molecule has 0 radical (unpaired) electrons. The van der Waals surface area contributed by atoms with E-state index in [0.717, 1.165) is 4.80 Å². The number of hydrogen-bond donors (Lipinski definition) is 2. The van der Waals surface area contributed by atoms with E-state index in [9.17, 15) is 13.6 Å². The molecule has 0 aliphatic heterocycles. The van der Waals surface area contributed by atoms with Crippen LogP contribution in [0.5, 0.6) is 0 Å². The molecule has 2 rings (SSSR count). The van der Waals surface area contributed by atoms with E-state index in [1.54, 1.807) is 0 Å². The van der Waals surface area contributed by atoms with Crippen molar-refractivity contribution in [3.63, 3.8) is 0 Å². The summed E-state index contributed by atoms with van der Waals surface area (Å²) in [6.45, 7) is 1.50. The van der Waals surface area contributed by atoms with Gasteiger partial charge in [-0.3, -0.25) is 4.79 Å². The lowest BCUT2D eigenvalue weighted by atomic mass is 10.1. The second kappa shape index (κ2) is 5.22. The lowest BCUT2D eigenvalue weighted by molar-refractivity contribution is 0.110. The van der Waals surface area contributed by atoms with E-state index >= 15 is 0 Å². The third-order valence-electron chi connectivity index (χ3n) is 2.64. The monoisotopic (exact) mass is 271 g/mol. The molecule has 0 atom stereocenters. The number of halogens is 2. The van der Waals surface area contributed by atoms with E-state index in [4.69, 9.17) is 5.11 Å². The highest BCUT2D eigenvalue weighted by Gasteiger charge is 2.23. The molecule has 0 unspecified atom stereocenters. The molecule has 9 heteroatoms. The van der Waals surface area contributed by atoms with E-state index < -0.39 is 12.1 Å². The molecular formula is C10H11F2N5O2. The molecule has 2 heterocycles. The SMILES string of the molecule is Cc1c(-c2nnn(CCO)n2)[nH]c(C(F)F)c1C=O. The maximum atomic E-state index is 12.8. The first-order valence-electron chi connectivity index (χ1n) is 5.43. The summed E-state index contributed by atoms with van der Waals surface area (Å²) in [4.78, 5) is 14.4. The Labute approximate surface area is 106 Å². The second-order valence-corrected chi connectivity index (χ2v) is 3.80. The Hall–Kier alpha value is -2.16. The summed E-state index contributed by atoms with van der Waals surface area (Å²) >= 11 is 0. The Bertz CT molecular complexity index is 593. The van der Waals surface area contributed by atoms with Crippen molar-refractivity contribution < 1.29 is 18.7 Å². The van der Waals surface area contributed by atoms with Crippen molar-refractivity contribution in [1.29, 1.82) is 0 Å². The smallest absolute Gasteiger partial charge is 0.278 e. The standard InChI is InChI=1S/C10H11F2N5O2/c1-5-6(4-19)8(9(11)12)13-7(5)10-14-16-17(15-10)2-3-18/h4,9,13,18H,2-3H2,1H3. The average molecular weight is 271 g/mol. The second-order valence-electron chi connectivity index (χ2n) is 3.80. The van der Waals surface area contributed by atoms with Crippen LogP contribution in [0, 0.1) is 6.92 Å². The number of nitrogens with zero attached hydrogens (tertiary/aromatic N) is 4. The Morgan fingerprint density at radius 3 is 2.79 bits per heavy atom. The van der Waals surface area contributed by atoms with Gasteiger partial charge in [-0.05, 0) is 17.7 Å². The largest absolute Gasteiger partial charge is 0.394 e. The Balaban J connectivity index is 2.46. The molecule has 0 saturated carbocycles. The topological polar surface area (TPSA) is 96.7 Å². The van der Waals surface area contributed by atoms with Gasteiger partial charge in [0, 0.05) is 5.56 Å². The molecule has 2 aromatic rings. The number of hydrogen-bond acceptors (Lipinski definition) is 5. The van der Waals surface area contributed by atoms with Gasteiger partial charge in [0.1, 0.15) is 0 Å². The number of aliphatic hydroxyl groups excluding tert-OH is 1. The van der Waals surface area contributed by atoms with Crippen molar-refractivity contribution in [3.05, 3.63) is 16.8 Å². The van der Waals surface area contributed by atoms with Gasteiger partial charge >= 0.3 is 0 Å². The molecule has 0 amide bonds. The van der Waals surface area contributed by atoms with Crippen LogP contribution in [0.1, 0.15) is 28.0 Å². The number of aromatic nitrogens is 5. The molecule has 2 N–H and O–H groups in total. The molecule has 0 aromatic carbocycles. The zero-order valence-electron chi connectivity index (χ0n) is 9.97. The normalized spacial score (nSPS) is 11.2. The molecule has 7 nitrogen and oxygen atoms in total. The quantitative estimate of drug-likeness (QED) is 0.781. The van der Waals surface area contributed by atoms with Crippen molar-refractivity contribution in [2.45, 2.75) is 19.9 Å². The van der Waals surface area contributed by atoms with Crippen LogP contribution in [0.2, 0.25) is 0 Å². The number of aromatic amines is 1. The van der Waals surface area contributed by atoms with Gasteiger partial charge in [-0.1, -0.05) is 0 Å². The number of aldehydes is 1. The summed E-state index contributed by atoms with van der Waals surface area (Å²) in [5, 5.41) is 20.0. The van der Waals surface area contributed by atoms with E-state index in [0.29, 0.717) is 11.8 Å². The fourth-order valence-electron chi connectivity index (χ4n) is 1.71. The van der Waals surface area contributed by atoms with Crippen LogP contribution in [-0.4, -0.2) is 43.2 Å². The van der Waals surface area contributed by atoms with Crippen LogP contribution in [-0.2, 0) is 6.54 Å². The lowest BCUT2D eigenvalue weighted by Crippen LogP contribution is -2.05. The van der Waals surface area contributed by atoms with Gasteiger partial charge in [0.15, 0.2) is 6.29 Å². The predicted octanol–water partition coefficient (Wildman–Crippen LogP) is 0.719. The van der Waals surface area contributed by atoms with E-state index in [-0.39, 0.29) is 30.2 Å². The van der Waals surface area contributed by atoms with Gasteiger partial charge in [0.25, 0.3) is 6.43 Å². The van der Waals surface area contributed by atoms with Gasteiger partial charge in [-0.25, -0.2) is 8.78 Å². The number of carbonyl (C=O) groups is 1. The predicted molar refractivity (Wildman–Crippen MR) is 59.8 cm³/mol. The first-order valence-corrected chi connectivity index (χ1v) is 5.43. The van der Waals surface area contributed by atoms with E-state index in [2.05, 4.69) is 20.4 Å². The number of rotatable bonds is 5. The van der Waals surface area contributed by atoms with Gasteiger partial charge in [-0.15, -0.1) is 10.2 Å². The minimum absolute atomic E-state index is 0.0940. The Morgan fingerprint density at radius 1 is 1.53 bits per heavy atom. The van der Waals surface area contributed by atoms with Gasteiger partial charge < -0.3 is 10.1 Å². The fraction of sp³-hybridized carbons (Fsp3) is 0.400. The van der Waals surface area contributed by atoms with Gasteiger partial charge in [0.2, 0.25) is 5.82 Å². The molecule has 0 spiro atoms. The lowest BCUT2D eigenvalue weighted by Gasteiger charge is -1.95. The number of carbonyl (C=O) groups excluding carboxylic acids is 1. The molecule has 0 saturated heterocycles. The van der Waals surface area contributed by atoms with Crippen molar-refractivity contribution in [3.8, 4) is 11.5 Å². The van der Waals surface area contributed by atoms with Crippen LogP contribution in [0.3, 0.4) is 0 Å². The van der Waals surface area contributed by atoms with Crippen LogP contribution >= 0.6 is 0 Å². The molecule has 102 valence electrons. The number of nitrogens with one attached hydrogen (secondary N) is 1. The Kier molecular flexibility index (Phi) is 3.65. The first kappa shape index (κ1) is 13.3. The fourth-order valence-corrected chi connectivity index (χ4v) is 1.71. The van der Waals surface area contributed by atoms with Crippen molar-refractivity contribution in [2.24, 2.45) is 0 Å². The zero-order chi connectivity index (χ0) is 14.0. The minimum Gasteiger partial charge on any atom is -0.394 e. The summed E-state index contributed by atoms with van der Waals surface area (Å²) in [5.41, 5.74) is 0.0138. The summed E-state index contributed by atoms with van der Waals surface area (Å²) in [5.74, 6) is 0.0981. The number of alkyl halides is 2. The summed E-state index contributed by atoms with van der Waals surface area (Å²) < 4.78 is 25.5. The number of tetrazole rings is 1. The minimum atomic E-state index is -2.79. The van der Waals surface area contributed by atoms with Crippen molar-refractivity contribution >= 4 is 6.29 Å². The molecule has 2 aromatic heterocycles. The highest BCUT2D eigenvalue weighted by atomic mass is 19.3. The summed E-state index contributed by atoms with van der Waals surface area (Å²) in [7, 11) is 0. The molecule has 0 aliphatic rings. The van der Waals surface area contributed by atoms with E-state index in [1.807, 2.05) is 0 Å². The van der Waals surface area contributed by atoms with Crippen molar-refractivity contribution in [1.82, 2.24) is 25.2 Å². The maximum Gasteiger partial charge on any atom is 0.278 e. The highest BCUT2D eigenvalue weighted by Crippen LogP contribution is 2.29. The zero-order valence-corrected chi connectivity index (χ0v) is 9.97. The van der Waals surface area contributed by atoms with Crippen molar-refractivity contribution in [2.75, 3.05) is 6.61 Å². The van der Waals surface area contributed by atoms with Crippen LogP contribution in [0.25, 0.3) is 11.5 Å². The van der Waals surface area contributed by atoms with Gasteiger partial charge in [-0.2, -0.15) is 4.80 Å². The first-order chi connectivity index (χ1) is 9.08.